The van der Waals surface area contributed by atoms with Gasteiger partial charge in [0.25, 0.3) is 0 Å². The quantitative estimate of drug-likeness (QED) is 0.687. The zero-order chi connectivity index (χ0) is 18.8. The minimum Gasteiger partial charge on any atom is -0.316 e. The number of nitrogens with one attached hydrogen (secondary N) is 1. The van der Waals surface area contributed by atoms with E-state index in [-0.39, 0.29) is 22.8 Å². The van der Waals surface area contributed by atoms with Gasteiger partial charge in [0, 0.05) is 16.5 Å². The summed E-state index contributed by atoms with van der Waals surface area (Å²) in [6.07, 6.45) is 0. The summed E-state index contributed by atoms with van der Waals surface area (Å²) in [5.74, 6) is 0.302. The molecule has 1 aromatic heterocycles. The molecule has 1 N–H and O–H groups in total. The van der Waals surface area contributed by atoms with Crippen LogP contribution in [0.2, 0.25) is 0 Å². The Labute approximate surface area is 165 Å². The van der Waals surface area contributed by atoms with Crippen LogP contribution in [0.15, 0.2) is 42.5 Å². The van der Waals surface area contributed by atoms with Crippen LogP contribution >= 0.6 is 23.1 Å². The van der Waals surface area contributed by atoms with Gasteiger partial charge in [-0.2, -0.15) is 0 Å². The Morgan fingerprint density at radius 2 is 1.93 bits per heavy atom. The molecule has 5 rings (SSSR count). The van der Waals surface area contributed by atoms with Gasteiger partial charge in [-0.15, -0.1) is 11.3 Å². The molecule has 0 aliphatic carbocycles. The molecular formula is C19H17N3O2S3. The lowest BCUT2D eigenvalue weighted by molar-refractivity contribution is 0.601. The van der Waals surface area contributed by atoms with Gasteiger partial charge in [0.2, 0.25) is 0 Å². The highest BCUT2D eigenvalue weighted by molar-refractivity contribution is 8.15. The fourth-order valence-corrected chi connectivity index (χ4v) is 8.59. The van der Waals surface area contributed by atoms with Gasteiger partial charge < -0.3 is 4.90 Å². The number of thiazole rings is 1. The molecule has 2 aliphatic heterocycles. The van der Waals surface area contributed by atoms with Crippen LogP contribution in [0.3, 0.4) is 0 Å². The largest absolute Gasteiger partial charge is 0.316 e. The maximum atomic E-state index is 12.0. The standard InChI is InChI=1S/C19H17N3O2S3/c1-11-2-7-14-16(8-11)25-18(21-14)12-3-5-13(6-4-12)22-15-9-27(23,24)10-17(15)26-19(22)20/h2-8,15,17,20H,9-10H2,1H3/t15-,17+/m1/s1. The molecule has 2 saturated heterocycles. The van der Waals surface area contributed by atoms with Gasteiger partial charge >= 0.3 is 0 Å². The number of sulfone groups is 1. The number of fused-ring (bicyclic) bond motifs is 2. The summed E-state index contributed by atoms with van der Waals surface area (Å²) in [6, 6.07) is 14.1. The summed E-state index contributed by atoms with van der Waals surface area (Å²) in [6.45, 7) is 2.08. The Hall–Kier alpha value is -1.90. The average molecular weight is 416 g/mol. The molecule has 2 aliphatic rings. The van der Waals surface area contributed by atoms with Gasteiger partial charge in [-0.05, 0) is 48.9 Å². The predicted molar refractivity (Wildman–Crippen MR) is 114 cm³/mol. The Morgan fingerprint density at radius 1 is 1.15 bits per heavy atom. The Kier molecular flexibility index (Phi) is 3.86. The average Bonchev–Trinajstić information content (AvgIpc) is 3.23. The summed E-state index contributed by atoms with van der Waals surface area (Å²) in [4.78, 5) is 6.58. The summed E-state index contributed by atoms with van der Waals surface area (Å²) < 4.78 is 25.1. The number of hydrogen-bond donors (Lipinski definition) is 1. The van der Waals surface area contributed by atoms with E-state index in [4.69, 9.17) is 10.4 Å². The summed E-state index contributed by atoms with van der Waals surface area (Å²) in [7, 11) is -3.01. The second-order valence-electron chi connectivity index (χ2n) is 7.01. The van der Waals surface area contributed by atoms with E-state index < -0.39 is 9.84 Å². The molecule has 0 unspecified atom stereocenters. The fraction of sp³-hybridized carbons (Fsp3) is 0.263. The number of amidine groups is 1. The summed E-state index contributed by atoms with van der Waals surface area (Å²) in [5, 5.41) is 9.63. The van der Waals surface area contributed by atoms with E-state index in [1.165, 1.54) is 22.0 Å². The van der Waals surface area contributed by atoms with Gasteiger partial charge in [-0.25, -0.2) is 13.4 Å². The van der Waals surface area contributed by atoms with Crippen molar-refractivity contribution in [3.05, 3.63) is 48.0 Å². The normalized spacial score (nSPS) is 23.9. The van der Waals surface area contributed by atoms with E-state index in [2.05, 4.69) is 19.1 Å². The predicted octanol–water partition coefficient (Wildman–Crippen LogP) is 3.93. The minimum atomic E-state index is -3.01. The molecule has 0 radical (unpaired) electrons. The molecular weight excluding hydrogens is 398 g/mol. The van der Waals surface area contributed by atoms with Crippen molar-refractivity contribution in [1.29, 1.82) is 5.41 Å². The number of aryl methyl sites for hydroxylation is 1. The molecule has 0 bridgehead atoms. The number of benzene rings is 2. The molecule has 3 heterocycles. The zero-order valence-corrected chi connectivity index (χ0v) is 17.0. The van der Waals surface area contributed by atoms with E-state index in [9.17, 15) is 8.42 Å². The molecule has 8 heteroatoms. The van der Waals surface area contributed by atoms with Crippen LogP contribution in [0.1, 0.15) is 5.56 Å². The maximum Gasteiger partial charge on any atom is 0.161 e. The monoisotopic (exact) mass is 415 g/mol. The molecule has 0 amide bonds. The highest BCUT2D eigenvalue weighted by Gasteiger charge is 2.48. The number of aromatic nitrogens is 1. The van der Waals surface area contributed by atoms with Crippen LogP contribution in [0.4, 0.5) is 5.69 Å². The van der Waals surface area contributed by atoms with Crippen LogP contribution in [0, 0.1) is 12.3 Å². The molecule has 5 nitrogen and oxygen atoms in total. The lowest BCUT2D eigenvalue weighted by atomic mass is 10.1. The van der Waals surface area contributed by atoms with Crippen molar-refractivity contribution in [3.8, 4) is 10.6 Å². The highest BCUT2D eigenvalue weighted by Crippen LogP contribution is 2.41. The summed E-state index contributed by atoms with van der Waals surface area (Å²) in [5.41, 5.74) is 4.13. The van der Waals surface area contributed by atoms with Crippen molar-refractivity contribution in [2.45, 2.75) is 18.2 Å². The summed E-state index contributed by atoms with van der Waals surface area (Å²) >= 11 is 3.03. The van der Waals surface area contributed by atoms with Crippen molar-refractivity contribution < 1.29 is 8.42 Å². The fourth-order valence-electron chi connectivity index (χ4n) is 3.73. The lowest BCUT2D eigenvalue weighted by Crippen LogP contribution is -2.37. The molecule has 27 heavy (non-hydrogen) atoms. The molecule has 0 spiro atoms. The number of hydrogen-bond acceptors (Lipinski definition) is 6. The molecule has 2 fully saturated rings. The zero-order valence-electron chi connectivity index (χ0n) is 14.5. The Bertz CT molecular complexity index is 1170. The van der Waals surface area contributed by atoms with Crippen LogP contribution in [-0.4, -0.2) is 41.4 Å². The van der Waals surface area contributed by atoms with E-state index in [0.29, 0.717) is 5.17 Å². The lowest BCUT2D eigenvalue weighted by Gasteiger charge is -2.24. The minimum absolute atomic E-state index is 0.0327. The third-order valence-corrected chi connectivity index (χ3v) is 9.22. The van der Waals surface area contributed by atoms with Gasteiger partial charge in [0.05, 0.1) is 27.8 Å². The first-order valence-electron chi connectivity index (χ1n) is 8.62. The van der Waals surface area contributed by atoms with Crippen LogP contribution in [0.25, 0.3) is 20.8 Å². The molecule has 0 saturated carbocycles. The van der Waals surface area contributed by atoms with Crippen molar-refractivity contribution in [2.75, 3.05) is 16.4 Å². The van der Waals surface area contributed by atoms with Crippen molar-refractivity contribution in [3.63, 3.8) is 0 Å². The van der Waals surface area contributed by atoms with Crippen molar-refractivity contribution >= 4 is 54.0 Å². The van der Waals surface area contributed by atoms with Gasteiger partial charge in [-0.3, -0.25) is 5.41 Å². The SMILES string of the molecule is Cc1ccc2nc(-c3ccc(N4C(=N)S[C@H]5CS(=O)(=O)C[C@H]54)cc3)sc2c1. The van der Waals surface area contributed by atoms with Crippen LogP contribution in [0.5, 0.6) is 0 Å². The third kappa shape index (κ3) is 2.96. The molecule has 3 aromatic rings. The van der Waals surface area contributed by atoms with E-state index in [0.717, 1.165) is 21.8 Å². The van der Waals surface area contributed by atoms with Gasteiger partial charge in [0.15, 0.2) is 15.0 Å². The third-order valence-electron chi connectivity index (χ3n) is 5.02. The highest BCUT2D eigenvalue weighted by atomic mass is 32.2. The molecule has 2 atom stereocenters. The number of thioether (sulfide) groups is 1. The topological polar surface area (TPSA) is 74.1 Å². The van der Waals surface area contributed by atoms with E-state index in [1.807, 2.05) is 35.2 Å². The molecule has 2 aromatic carbocycles. The van der Waals surface area contributed by atoms with Gasteiger partial charge in [-0.1, -0.05) is 17.8 Å². The number of anilines is 1. The van der Waals surface area contributed by atoms with Gasteiger partial charge in [0.1, 0.15) is 5.01 Å². The second kappa shape index (κ2) is 6.05. The second-order valence-corrected chi connectivity index (χ2v) is 11.4. The molecule has 138 valence electrons. The first-order valence-corrected chi connectivity index (χ1v) is 12.1. The smallest absolute Gasteiger partial charge is 0.161 e. The number of nitrogens with zero attached hydrogens (tertiary/aromatic N) is 2. The Balaban J connectivity index is 1.47. The van der Waals surface area contributed by atoms with E-state index >= 15 is 0 Å². The van der Waals surface area contributed by atoms with E-state index in [1.54, 1.807) is 11.3 Å². The first-order chi connectivity index (χ1) is 12.9. The first kappa shape index (κ1) is 17.2. The number of rotatable bonds is 2. The maximum absolute atomic E-state index is 12.0. The van der Waals surface area contributed by atoms with Crippen molar-refractivity contribution in [2.24, 2.45) is 0 Å². The Morgan fingerprint density at radius 3 is 2.70 bits per heavy atom. The van der Waals surface area contributed by atoms with Crippen molar-refractivity contribution in [1.82, 2.24) is 4.98 Å². The van der Waals surface area contributed by atoms with Crippen LogP contribution in [-0.2, 0) is 9.84 Å². The van der Waals surface area contributed by atoms with Crippen LogP contribution < -0.4 is 4.90 Å².